The summed E-state index contributed by atoms with van der Waals surface area (Å²) in [5.41, 5.74) is 0.833. The number of carbonyl (C=O) groups excluding carboxylic acids is 1. The van der Waals surface area contributed by atoms with Crippen LogP contribution in [-0.2, 0) is 9.53 Å². The van der Waals surface area contributed by atoms with E-state index in [2.05, 4.69) is 16.9 Å². The van der Waals surface area contributed by atoms with E-state index in [9.17, 15) is 4.79 Å². The summed E-state index contributed by atoms with van der Waals surface area (Å²) in [7, 11) is 0. The number of hydrogen-bond donors (Lipinski definition) is 0. The summed E-state index contributed by atoms with van der Waals surface area (Å²) in [5, 5.41) is 0.641. The molecule has 0 N–H and O–H groups in total. The predicted octanol–water partition coefficient (Wildman–Crippen LogP) is 4.27. The van der Waals surface area contributed by atoms with Crippen LogP contribution in [0.25, 0.3) is 10.3 Å². The smallest absolute Gasteiger partial charge is 0.276 e. The molecule has 0 amide bonds. The molecule has 3 rings (SSSR count). The molecular weight excluding hydrogens is 364 g/mol. The first-order valence-corrected chi connectivity index (χ1v) is 10.4. The molecular formula is C20H28N2O4S. The van der Waals surface area contributed by atoms with E-state index in [0.717, 1.165) is 23.2 Å². The third-order valence-electron chi connectivity index (χ3n) is 4.46. The largest absolute Gasteiger partial charge is 0.477 e. The summed E-state index contributed by atoms with van der Waals surface area (Å²) in [5.74, 6) is 1.63. The normalized spacial score (nSPS) is 20.5. The molecule has 0 aliphatic heterocycles. The van der Waals surface area contributed by atoms with Crippen molar-refractivity contribution in [1.82, 2.24) is 9.97 Å². The van der Waals surface area contributed by atoms with Crippen molar-refractivity contribution >= 4 is 27.5 Å². The Bertz CT molecular complexity index is 770. The second kappa shape index (κ2) is 8.97. The first-order chi connectivity index (χ1) is 12.9. The molecule has 1 saturated carbocycles. The van der Waals surface area contributed by atoms with Gasteiger partial charge in [0.2, 0.25) is 5.88 Å². The molecule has 6 nitrogen and oxygen atoms in total. The van der Waals surface area contributed by atoms with Crippen LogP contribution in [-0.4, -0.2) is 41.2 Å². The lowest BCUT2D eigenvalue weighted by Gasteiger charge is -2.35. The Morgan fingerprint density at radius 3 is 2.74 bits per heavy atom. The minimum absolute atomic E-state index is 0.0977. The van der Waals surface area contributed by atoms with Crippen LogP contribution in [0.2, 0.25) is 0 Å². The molecule has 2 aromatic heterocycles. The maximum absolute atomic E-state index is 11.1. The number of carbonyl (C=O) groups is 1. The third kappa shape index (κ3) is 5.87. The minimum Gasteiger partial charge on any atom is -0.477 e. The highest BCUT2D eigenvalue weighted by Crippen LogP contribution is 2.32. The molecule has 0 saturated heterocycles. The van der Waals surface area contributed by atoms with Crippen molar-refractivity contribution in [2.24, 2.45) is 11.8 Å². The molecule has 1 aliphatic carbocycles. The summed E-state index contributed by atoms with van der Waals surface area (Å²) in [6.45, 7) is 8.95. The second-order valence-corrected chi connectivity index (χ2v) is 8.68. The van der Waals surface area contributed by atoms with Gasteiger partial charge in [0.15, 0.2) is 4.83 Å². The highest BCUT2D eigenvalue weighted by atomic mass is 32.1. The van der Waals surface area contributed by atoms with E-state index in [0.29, 0.717) is 42.7 Å². The third-order valence-corrected chi connectivity index (χ3v) is 5.31. The Kier molecular flexibility index (Phi) is 6.65. The standard InChI is InChI=1S/C20H28N2O4S/c1-12(2)26-20-21-17-5-6-18(22-19(17)27-20)25-11-15-8-16(9-15)24-10-13(3)7-14(4)23/h5-6,12-13,15-16H,7-11H2,1-4H3/t13-,15?,16?/m1/s1. The summed E-state index contributed by atoms with van der Waals surface area (Å²) in [6.07, 6.45) is 2.99. The number of thiazole rings is 1. The molecule has 1 atom stereocenters. The lowest BCUT2D eigenvalue weighted by Crippen LogP contribution is -2.36. The van der Waals surface area contributed by atoms with E-state index in [4.69, 9.17) is 14.2 Å². The summed E-state index contributed by atoms with van der Waals surface area (Å²) < 4.78 is 17.4. The van der Waals surface area contributed by atoms with Gasteiger partial charge in [-0.2, -0.15) is 0 Å². The number of ether oxygens (including phenoxy) is 3. The quantitative estimate of drug-likeness (QED) is 0.601. The van der Waals surface area contributed by atoms with Crippen molar-refractivity contribution < 1.29 is 19.0 Å². The number of pyridine rings is 1. The zero-order chi connectivity index (χ0) is 19.4. The van der Waals surface area contributed by atoms with Gasteiger partial charge in [-0.3, -0.25) is 0 Å². The average molecular weight is 393 g/mol. The number of Topliss-reactive ketones (excluding diaryl/α,β-unsaturated/α-hetero) is 1. The first-order valence-electron chi connectivity index (χ1n) is 9.57. The van der Waals surface area contributed by atoms with Gasteiger partial charge in [0.05, 0.1) is 18.8 Å². The molecule has 0 unspecified atom stereocenters. The Balaban J connectivity index is 1.40. The van der Waals surface area contributed by atoms with Gasteiger partial charge in [-0.1, -0.05) is 18.3 Å². The number of hydrogen-bond acceptors (Lipinski definition) is 7. The maximum atomic E-state index is 11.1. The highest BCUT2D eigenvalue weighted by molar-refractivity contribution is 7.19. The van der Waals surface area contributed by atoms with E-state index in [-0.39, 0.29) is 17.8 Å². The molecule has 0 bridgehead atoms. The molecule has 2 heterocycles. The van der Waals surface area contributed by atoms with Crippen molar-refractivity contribution in [3.05, 3.63) is 12.1 Å². The van der Waals surface area contributed by atoms with E-state index >= 15 is 0 Å². The van der Waals surface area contributed by atoms with Gasteiger partial charge in [0, 0.05) is 19.1 Å². The van der Waals surface area contributed by atoms with Crippen LogP contribution in [0.1, 0.15) is 47.0 Å². The van der Waals surface area contributed by atoms with Gasteiger partial charge >= 0.3 is 0 Å². The Labute approximate surface area is 164 Å². The number of rotatable bonds is 10. The highest BCUT2D eigenvalue weighted by Gasteiger charge is 2.30. The molecule has 1 aliphatic rings. The first kappa shape index (κ1) is 20.0. The molecule has 0 radical (unpaired) electrons. The van der Waals surface area contributed by atoms with Gasteiger partial charge in [-0.25, -0.2) is 9.97 Å². The Morgan fingerprint density at radius 2 is 2.04 bits per heavy atom. The van der Waals surface area contributed by atoms with Gasteiger partial charge < -0.3 is 19.0 Å². The van der Waals surface area contributed by atoms with Crippen LogP contribution in [0.15, 0.2) is 12.1 Å². The Hall–Kier alpha value is -1.73. The lowest BCUT2D eigenvalue weighted by atomic mass is 9.83. The van der Waals surface area contributed by atoms with Gasteiger partial charge in [0.25, 0.3) is 5.19 Å². The molecule has 148 valence electrons. The van der Waals surface area contributed by atoms with E-state index < -0.39 is 0 Å². The van der Waals surface area contributed by atoms with Crippen LogP contribution in [0.5, 0.6) is 11.1 Å². The van der Waals surface area contributed by atoms with Gasteiger partial charge in [-0.05, 0) is 51.5 Å². The lowest BCUT2D eigenvalue weighted by molar-refractivity contribution is -0.119. The monoisotopic (exact) mass is 392 g/mol. The van der Waals surface area contributed by atoms with E-state index in [1.54, 1.807) is 6.92 Å². The summed E-state index contributed by atoms with van der Waals surface area (Å²) >= 11 is 1.44. The van der Waals surface area contributed by atoms with Crippen LogP contribution in [0.4, 0.5) is 0 Å². The Morgan fingerprint density at radius 1 is 1.26 bits per heavy atom. The topological polar surface area (TPSA) is 70.5 Å². The predicted molar refractivity (Wildman–Crippen MR) is 106 cm³/mol. The van der Waals surface area contributed by atoms with Crippen molar-refractivity contribution in [3.8, 4) is 11.1 Å². The van der Waals surface area contributed by atoms with Crippen molar-refractivity contribution in [3.63, 3.8) is 0 Å². The zero-order valence-electron chi connectivity index (χ0n) is 16.4. The average Bonchev–Trinajstić information content (AvgIpc) is 2.92. The molecule has 0 aromatic carbocycles. The number of fused-ring (bicyclic) bond motifs is 1. The second-order valence-electron chi connectivity index (χ2n) is 7.74. The van der Waals surface area contributed by atoms with E-state index in [1.165, 1.54) is 11.3 Å². The molecule has 2 aromatic rings. The fraction of sp³-hybridized carbons (Fsp3) is 0.650. The molecule has 0 spiro atoms. The van der Waals surface area contributed by atoms with Crippen LogP contribution in [0.3, 0.4) is 0 Å². The minimum atomic E-state index is 0.0977. The molecule has 27 heavy (non-hydrogen) atoms. The number of nitrogens with zero attached hydrogens (tertiary/aromatic N) is 2. The van der Waals surface area contributed by atoms with Gasteiger partial charge in [-0.15, -0.1) is 0 Å². The van der Waals surface area contributed by atoms with Crippen LogP contribution >= 0.6 is 11.3 Å². The van der Waals surface area contributed by atoms with Crippen molar-refractivity contribution in [2.45, 2.75) is 59.2 Å². The number of aromatic nitrogens is 2. The number of ketones is 1. The van der Waals surface area contributed by atoms with Gasteiger partial charge in [0.1, 0.15) is 11.3 Å². The fourth-order valence-electron chi connectivity index (χ4n) is 3.11. The van der Waals surface area contributed by atoms with E-state index in [1.807, 2.05) is 26.0 Å². The summed E-state index contributed by atoms with van der Waals surface area (Å²) in [4.78, 5) is 20.9. The van der Waals surface area contributed by atoms with Crippen molar-refractivity contribution in [2.75, 3.05) is 13.2 Å². The van der Waals surface area contributed by atoms with Crippen molar-refractivity contribution in [1.29, 1.82) is 0 Å². The maximum Gasteiger partial charge on any atom is 0.276 e. The summed E-state index contributed by atoms with van der Waals surface area (Å²) in [6, 6.07) is 3.78. The van der Waals surface area contributed by atoms with Crippen LogP contribution in [0, 0.1) is 11.8 Å². The SMILES string of the molecule is CC(=O)C[C@@H](C)COC1CC(COc2ccc3nc(OC(C)C)sc3n2)C1. The van der Waals surface area contributed by atoms with Crippen LogP contribution < -0.4 is 9.47 Å². The zero-order valence-corrected chi connectivity index (χ0v) is 17.3. The fourth-order valence-corrected chi connectivity index (χ4v) is 4.02. The molecule has 7 heteroatoms. The molecule has 1 fully saturated rings.